The second-order valence-electron chi connectivity index (χ2n) is 7.05. The molecule has 1 N–H and O–H groups in total. The Morgan fingerprint density at radius 3 is 2.52 bits per heavy atom. The second-order valence-corrected chi connectivity index (χ2v) is 9.34. The number of halogens is 2. The Hall–Kier alpha value is -2.22. The number of pyridine rings is 1. The van der Waals surface area contributed by atoms with Gasteiger partial charge in [-0.1, -0.05) is 12.1 Å². The third kappa shape index (κ3) is 4.86. The summed E-state index contributed by atoms with van der Waals surface area (Å²) in [6, 6.07) is 10.7. The Kier molecular flexibility index (Phi) is 6.41. The SMILES string of the molecule is Cc1ccc2c(n1)c(Cc1ccc(S(C)(=O)=O)cc1)c(C)n2C/C(F)=C/CNCl. The molecule has 3 aromatic rings. The van der Waals surface area contributed by atoms with Crippen LogP contribution in [0.1, 0.15) is 22.5 Å². The number of allylic oxidation sites excluding steroid dienone is 1. The maximum atomic E-state index is 14.3. The lowest BCUT2D eigenvalue weighted by molar-refractivity contribution is 0.554. The molecule has 2 heterocycles. The number of benzene rings is 1. The fraction of sp³-hybridized carbons (Fsp3) is 0.286. The summed E-state index contributed by atoms with van der Waals surface area (Å²) in [5.74, 6) is -0.289. The molecule has 0 radical (unpaired) electrons. The van der Waals surface area contributed by atoms with Crippen LogP contribution in [0.3, 0.4) is 0 Å². The molecule has 5 nitrogen and oxygen atoms in total. The lowest BCUT2D eigenvalue weighted by Gasteiger charge is -2.08. The van der Waals surface area contributed by atoms with Gasteiger partial charge in [-0.3, -0.25) is 4.98 Å². The molecule has 0 atom stereocenters. The van der Waals surface area contributed by atoms with Crippen LogP contribution in [0, 0.1) is 13.8 Å². The number of aromatic nitrogens is 2. The van der Waals surface area contributed by atoms with Gasteiger partial charge >= 0.3 is 0 Å². The van der Waals surface area contributed by atoms with Crippen LogP contribution in [0.15, 0.2) is 53.2 Å². The summed E-state index contributed by atoms with van der Waals surface area (Å²) < 4.78 is 39.6. The van der Waals surface area contributed by atoms with Gasteiger partial charge in [0.1, 0.15) is 5.83 Å². The van der Waals surface area contributed by atoms with E-state index in [4.69, 9.17) is 11.8 Å². The molecule has 0 fully saturated rings. The molecular weight excluding hydrogens is 413 g/mol. The molecule has 0 saturated carbocycles. The number of hydrogen-bond donors (Lipinski definition) is 1. The number of nitrogens with one attached hydrogen (secondary N) is 1. The first-order valence-corrected chi connectivity index (χ1v) is 11.4. The van der Waals surface area contributed by atoms with E-state index in [2.05, 4.69) is 9.82 Å². The zero-order valence-corrected chi connectivity index (χ0v) is 18.1. The van der Waals surface area contributed by atoms with E-state index in [1.807, 2.05) is 30.5 Å². The largest absolute Gasteiger partial charge is 0.336 e. The molecule has 29 heavy (non-hydrogen) atoms. The van der Waals surface area contributed by atoms with Crippen LogP contribution in [-0.4, -0.2) is 30.8 Å². The van der Waals surface area contributed by atoms with Crippen LogP contribution in [0.25, 0.3) is 11.0 Å². The fourth-order valence-electron chi connectivity index (χ4n) is 3.34. The van der Waals surface area contributed by atoms with Gasteiger partial charge in [0.05, 0.1) is 22.5 Å². The summed E-state index contributed by atoms with van der Waals surface area (Å²) in [7, 11) is -3.24. The van der Waals surface area contributed by atoms with E-state index >= 15 is 0 Å². The lowest BCUT2D eigenvalue weighted by Crippen LogP contribution is -2.04. The first kappa shape index (κ1) is 21.5. The van der Waals surface area contributed by atoms with Crippen molar-refractivity contribution in [2.24, 2.45) is 0 Å². The van der Waals surface area contributed by atoms with Crippen molar-refractivity contribution in [3.05, 3.63) is 70.8 Å². The standard InChI is InChI=1S/C21H23ClFN3O2S/c1-14-4-9-20-21(25-14)19(15(2)26(20)13-17(23)10-11-24-22)12-16-5-7-18(8-6-16)29(3,27)28/h4-10,24H,11-13H2,1-3H3/b17-10-. The monoisotopic (exact) mass is 435 g/mol. The van der Waals surface area contributed by atoms with Crippen LogP contribution in [0.4, 0.5) is 4.39 Å². The zero-order chi connectivity index (χ0) is 21.2. The number of hydrogen-bond acceptors (Lipinski definition) is 4. The molecule has 0 aliphatic rings. The molecule has 0 aliphatic carbocycles. The summed E-state index contributed by atoms with van der Waals surface area (Å²) in [4.78, 5) is 7.36. The number of fused-ring (bicyclic) bond motifs is 1. The predicted octanol–water partition coefficient (Wildman–Crippen LogP) is 4.24. The normalized spacial score (nSPS) is 12.7. The maximum absolute atomic E-state index is 14.3. The van der Waals surface area contributed by atoms with E-state index in [1.54, 1.807) is 24.3 Å². The average Bonchev–Trinajstić information content (AvgIpc) is 2.91. The van der Waals surface area contributed by atoms with Crippen LogP contribution in [0.2, 0.25) is 0 Å². The number of nitrogens with zero attached hydrogens (tertiary/aromatic N) is 2. The Morgan fingerprint density at radius 1 is 1.21 bits per heavy atom. The van der Waals surface area contributed by atoms with Crippen LogP contribution < -0.4 is 4.84 Å². The third-order valence-corrected chi connectivity index (χ3v) is 6.16. The highest BCUT2D eigenvalue weighted by molar-refractivity contribution is 7.90. The number of sulfone groups is 1. The van der Waals surface area contributed by atoms with Gasteiger partial charge in [0, 0.05) is 36.2 Å². The van der Waals surface area contributed by atoms with Crippen molar-refractivity contribution in [1.29, 1.82) is 0 Å². The van der Waals surface area contributed by atoms with E-state index in [0.29, 0.717) is 6.42 Å². The van der Waals surface area contributed by atoms with Gasteiger partial charge in [-0.2, -0.15) is 0 Å². The van der Waals surface area contributed by atoms with E-state index in [0.717, 1.165) is 33.5 Å². The number of aryl methyl sites for hydroxylation is 1. The quantitative estimate of drug-likeness (QED) is 0.563. The van der Waals surface area contributed by atoms with Crippen molar-refractivity contribution >= 4 is 32.6 Å². The lowest BCUT2D eigenvalue weighted by atomic mass is 10.0. The van der Waals surface area contributed by atoms with Crippen molar-refractivity contribution in [3.8, 4) is 0 Å². The van der Waals surface area contributed by atoms with Gasteiger partial charge in [0.2, 0.25) is 0 Å². The topological polar surface area (TPSA) is 64.0 Å². The summed E-state index contributed by atoms with van der Waals surface area (Å²) in [6.07, 6.45) is 3.17. The van der Waals surface area contributed by atoms with Crippen molar-refractivity contribution in [2.45, 2.75) is 31.7 Å². The van der Waals surface area contributed by atoms with Gasteiger partial charge in [0.15, 0.2) is 9.84 Å². The minimum atomic E-state index is -3.24. The minimum absolute atomic E-state index is 0.0959. The van der Waals surface area contributed by atoms with Crippen molar-refractivity contribution < 1.29 is 12.8 Å². The first-order chi connectivity index (χ1) is 13.7. The predicted molar refractivity (Wildman–Crippen MR) is 115 cm³/mol. The van der Waals surface area contributed by atoms with E-state index in [9.17, 15) is 12.8 Å². The molecule has 1 aromatic carbocycles. The van der Waals surface area contributed by atoms with Crippen molar-refractivity contribution in [3.63, 3.8) is 0 Å². The highest BCUT2D eigenvalue weighted by Crippen LogP contribution is 2.28. The minimum Gasteiger partial charge on any atom is -0.336 e. The molecule has 0 aliphatic heterocycles. The molecule has 0 bridgehead atoms. The zero-order valence-electron chi connectivity index (χ0n) is 16.5. The van der Waals surface area contributed by atoms with Crippen LogP contribution in [-0.2, 0) is 22.8 Å². The van der Waals surface area contributed by atoms with Gasteiger partial charge in [-0.25, -0.2) is 17.6 Å². The molecule has 0 unspecified atom stereocenters. The van der Waals surface area contributed by atoms with Crippen molar-refractivity contribution in [1.82, 2.24) is 14.4 Å². The molecule has 3 rings (SSSR count). The third-order valence-electron chi connectivity index (χ3n) is 4.87. The second kappa shape index (κ2) is 8.65. The molecule has 0 amide bonds. The van der Waals surface area contributed by atoms with Gasteiger partial charge in [-0.15, -0.1) is 0 Å². The summed E-state index contributed by atoms with van der Waals surface area (Å²) in [6.45, 7) is 4.20. The van der Waals surface area contributed by atoms with Crippen LogP contribution >= 0.6 is 11.8 Å². The summed E-state index contributed by atoms with van der Waals surface area (Å²) >= 11 is 5.41. The molecular formula is C21H23ClFN3O2S. The molecule has 2 aromatic heterocycles. The molecule has 0 spiro atoms. The van der Waals surface area contributed by atoms with Crippen LogP contribution in [0.5, 0.6) is 0 Å². The Labute approximate surface area is 175 Å². The highest BCUT2D eigenvalue weighted by Gasteiger charge is 2.17. The summed E-state index contributed by atoms with van der Waals surface area (Å²) in [5, 5.41) is 0. The fourth-order valence-corrected chi connectivity index (χ4v) is 4.05. The Balaban J connectivity index is 2.03. The van der Waals surface area contributed by atoms with Gasteiger partial charge in [-0.05, 0) is 61.5 Å². The van der Waals surface area contributed by atoms with E-state index in [1.165, 1.54) is 12.3 Å². The van der Waals surface area contributed by atoms with E-state index in [-0.39, 0.29) is 23.8 Å². The smallest absolute Gasteiger partial charge is 0.175 e. The summed E-state index contributed by atoms with van der Waals surface area (Å²) in [5.41, 5.74) is 5.46. The maximum Gasteiger partial charge on any atom is 0.175 e. The average molecular weight is 436 g/mol. The molecule has 8 heteroatoms. The molecule has 154 valence electrons. The first-order valence-electron chi connectivity index (χ1n) is 9.13. The molecule has 0 saturated heterocycles. The van der Waals surface area contributed by atoms with Gasteiger partial charge < -0.3 is 4.57 Å². The highest BCUT2D eigenvalue weighted by atomic mass is 35.5. The Morgan fingerprint density at radius 2 is 1.90 bits per heavy atom. The Bertz CT molecular complexity index is 1170. The van der Waals surface area contributed by atoms with Crippen molar-refractivity contribution in [2.75, 3.05) is 12.8 Å². The van der Waals surface area contributed by atoms with E-state index < -0.39 is 9.84 Å². The number of rotatable bonds is 7. The van der Waals surface area contributed by atoms with Gasteiger partial charge in [0.25, 0.3) is 0 Å².